The van der Waals surface area contributed by atoms with Crippen molar-refractivity contribution in [2.24, 2.45) is 0 Å². The van der Waals surface area contributed by atoms with Crippen molar-refractivity contribution >= 4 is 33.2 Å². The molecule has 2 rings (SSSR count). The smallest absolute Gasteiger partial charge is 0.254 e. The van der Waals surface area contributed by atoms with Crippen LogP contribution in [0.5, 0.6) is 0 Å². The second-order valence-electron chi connectivity index (χ2n) is 4.41. The third kappa shape index (κ3) is 3.22. The molecule has 19 heavy (non-hydrogen) atoms. The molecule has 2 aromatic rings. The number of nitrogens with one attached hydrogen (secondary N) is 1. The first-order chi connectivity index (χ1) is 8.99. The van der Waals surface area contributed by atoms with Gasteiger partial charge in [-0.3, -0.25) is 4.79 Å². The van der Waals surface area contributed by atoms with E-state index in [9.17, 15) is 4.79 Å². The number of amides is 1. The third-order valence-corrected chi connectivity index (χ3v) is 4.51. The van der Waals surface area contributed by atoms with Gasteiger partial charge in [-0.25, -0.2) is 4.98 Å². The Kier molecular flexibility index (Phi) is 4.37. The first kappa shape index (κ1) is 14.2. The van der Waals surface area contributed by atoms with Gasteiger partial charge < -0.3 is 5.32 Å². The summed E-state index contributed by atoms with van der Waals surface area (Å²) in [5, 5.41) is 3.01. The molecule has 0 bridgehead atoms. The Morgan fingerprint density at radius 2 is 2.21 bits per heavy atom. The Labute approximate surface area is 125 Å². The summed E-state index contributed by atoms with van der Waals surface area (Å²) in [7, 11) is 0. The van der Waals surface area contributed by atoms with Crippen molar-refractivity contribution in [2.45, 2.75) is 26.8 Å². The van der Waals surface area contributed by atoms with Crippen LogP contribution in [-0.2, 0) is 0 Å². The van der Waals surface area contributed by atoms with Gasteiger partial charge in [-0.15, -0.1) is 11.3 Å². The molecule has 2 aromatic heterocycles. The lowest BCUT2D eigenvalue weighted by Gasteiger charge is -2.14. The highest BCUT2D eigenvalue weighted by molar-refractivity contribution is 9.10. The van der Waals surface area contributed by atoms with E-state index in [0.29, 0.717) is 10.2 Å². The molecule has 0 saturated heterocycles. The molecule has 0 radical (unpaired) electrons. The van der Waals surface area contributed by atoms with E-state index in [2.05, 4.69) is 46.1 Å². The summed E-state index contributed by atoms with van der Waals surface area (Å²) in [5.74, 6) is -0.115. The number of rotatable bonds is 3. The van der Waals surface area contributed by atoms with Crippen LogP contribution in [0.3, 0.4) is 0 Å². The zero-order valence-corrected chi connectivity index (χ0v) is 13.4. The van der Waals surface area contributed by atoms with Crippen LogP contribution < -0.4 is 5.32 Å². The van der Waals surface area contributed by atoms with Gasteiger partial charge in [0.15, 0.2) is 0 Å². The van der Waals surface area contributed by atoms with Crippen LogP contribution in [0.15, 0.2) is 29.0 Å². The number of hydrogen-bond acceptors (Lipinski definition) is 3. The van der Waals surface area contributed by atoms with Crippen LogP contribution in [0.25, 0.3) is 0 Å². The summed E-state index contributed by atoms with van der Waals surface area (Å²) in [6.07, 6.45) is 1.65. The van der Waals surface area contributed by atoms with Crippen molar-refractivity contribution in [3.8, 4) is 0 Å². The molecule has 5 heteroatoms. The van der Waals surface area contributed by atoms with Gasteiger partial charge in [-0.1, -0.05) is 0 Å². The average molecular weight is 339 g/mol. The molecule has 0 aliphatic heterocycles. The van der Waals surface area contributed by atoms with E-state index in [4.69, 9.17) is 0 Å². The van der Waals surface area contributed by atoms with Crippen molar-refractivity contribution in [3.63, 3.8) is 0 Å². The van der Waals surface area contributed by atoms with E-state index in [-0.39, 0.29) is 11.9 Å². The number of carbonyl (C=O) groups is 1. The van der Waals surface area contributed by atoms with Crippen LogP contribution in [0.2, 0.25) is 0 Å². The Hall–Kier alpha value is -1.20. The minimum Gasteiger partial charge on any atom is -0.345 e. The number of pyridine rings is 1. The van der Waals surface area contributed by atoms with E-state index >= 15 is 0 Å². The highest BCUT2D eigenvalue weighted by Gasteiger charge is 2.16. The molecule has 1 atom stereocenters. The van der Waals surface area contributed by atoms with Gasteiger partial charge in [-0.2, -0.15) is 0 Å². The summed E-state index contributed by atoms with van der Waals surface area (Å²) in [6.45, 7) is 6.15. The standard InChI is InChI=1S/C14H15BrN2OS/c1-8-7-12(10(3)19-8)9(2)17-14(18)11-5-4-6-16-13(11)15/h4-7,9H,1-3H3,(H,17,18). The van der Waals surface area contributed by atoms with Gasteiger partial charge in [0.1, 0.15) is 4.60 Å². The summed E-state index contributed by atoms with van der Waals surface area (Å²) < 4.78 is 0.568. The van der Waals surface area contributed by atoms with Gasteiger partial charge in [0.05, 0.1) is 11.6 Å². The Morgan fingerprint density at radius 3 is 2.79 bits per heavy atom. The van der Waals surface area contributed by atoms with Crippen molar-refractivity contribution in [1.29, 1.82) is 0 Å². The number of aryl methyl sites for hydroxylation is 2. The molecule has 0 spiro atoms. The monoisotopic (exact) mass is 338 g/mol. The summed E-state index contributed by atoms with van der Waals surface area (Å²) >= 11 is 5.04. The van der Waals surface area contributed by atoms with E-state index in [1.807, 2.05) is 6.92 Å². The number of nitrogens with zero attached hydrogens (tertiary/aromatic N) is 1. The molecule has 0 aliphatic rings. The second-order valence-corrected chi connectivity index (χ2v) is 6.62. The van der Waals surface area contributed by atoms with Gasteiger partial charge in [0.2, 0.25) is 0 Å². The van der Waals surface area contributed by atoms with Crippen LogP contribution in [0.1, 0.15) is 38.6 Å². The quantitative estimate of drug-likeness (QED) is 0.859. The molecule has 3 nitrogen and oxygen atoms in total. The number of thiophene rings is 1. The van der Waals surface area contributed by atoms with Crippen molar-refractivity contribution in [2.75, 3.05) is 0 Å². The lowest BCUT2D eigenvalue weighted by molar-refractivity contribution is 0.0938. The molecule has 100 valence electrons. The Balaban J connectivity index is 2.15. The van der Waals surface area contributed by atoms with E-state index < -0.39 is 0 Å². The van der Waals surface area contributed by atoms with Gasteiger partial charge in [0, 0.05) is 16.0 Å². The lowest BCUT2D eigenvalue weighted by atomic mass is 10.1. The molecule has 1 unspecified atom stereocenters. The number of carbonyl (C=O) groups excluding carboxylic acids is 1. The maximum atomic E-state index is 12.2. The van der Waals surface area contributed by atoms with Crippen molar-refractivity contribution in [1.82, 2.24) is 10.3 Å². The molecular formula is C14H15BrN2OS. The lowest BCUT2D eigenvalue weighted by Crippen LogP contribution is -2.27. The fourth-order valence-electron chi connectivity index (χ4n) is 1.99. The minimum atomic E-state index is -0.115. The second kappa shape index (κ2) is 5.84. The minimum absolute atomic E-state index is 0.00967. The largest absolute Gasteiger partial charge is 0.345 e. The third-order valence-electron chi connectivity index (χ3n) is 2.90. The zero-order valence-electron chi connectivity index (χ0n) is 11.0. The molecule has 2 heterocycles. The van der Waals surface area contributed by atoms with Crippen molar-refractivity contribution in [3.05, 3.63) is 49.9 Å². The maximum absolute atomic E-state index is 12.2. The SMILES string of the molecule is Cc1cc(C(C)NC(=O)c2cccnc2Br)c(C)s1. The predicted octanol–water partition coefficient (Wildman–Crippen LogP) is 4.01. The number of aromatic nitrogens is 1. The molecule has 0 saturated carbocycles. The molecular weight excluding hydrogens is 324 g/mol. The average Bonchev–Trinajstić information content (AvgIpc) is 2.69. The van der Waals surface area contributed by atoms with Crippen LogP contribution in [-0.4, -0.2) is 10.9 Å². The molecule has 0 aliphatic carbocycles. The molecule has 0 fully saturated rings. The summed E-state index contributed by atoms with van der Waals surface area (Å²) in [4.78, 5) is 18.8. The first-order valence-electron chi connectivity index (χ1n) is 5.97. The van der Waals surface area contributed by atoms with Crippen molar-refractivity contribution < 1.29 is 4.79 Å². The molecule has 1 N–H and O–H groups in total. The first-order valence-corrected chi connectivity index (χ1v) is 7.58. The summed E-state index contributed by atoms with van der Waals surface area (Å²) in [6, 6.07) is 5.63. The van der Waals surface area contributed by atoms with E-state index in [1.165, 1.54) is 15.3 Å². The highest BCUT2D eigenvalue weighted by Crippen LogP contribution is 2.26. The Morgan fingerprint density at radius 1 is 1.47 bits per heavy atom. The molecule has 0 aromatic carbocycles. The summed E-state index contributed by atoms with van der Waals surface area (Å²) in [5.41, 5.74) is 1.73. The van der Waals surface area contributed by atoms with Gasteiger partial charge in [0.25, 0.3) is 5.91 Å². The molecule has 1 amide bonds. The van der Waals surface area contributed by atoms with Crippen LogP contribution in [0, 0.1) is 13.8 Å². The fraction of sp³-hybridized carbons (Fsp3) is 0.286. The maximum Gasteiger partial charge on any atom is 0.254 e. The number of halogens is 1. The Bertz CT molecular complexity index is 609. The van der Waals surface area contributed by atoms with Crippen LogP contribution in [0.4, 0.5) is 0 Å². The van der Waals surface area contributed by atoms with Crippen LogP contribution >= 0.6 is 27.3 Å². The fourth-order valence-corrected chi connectivity index (χ4v) is 3.44. The normalized spacial score (nSPS) is 12.2. The zero-order chi connectivity index (χ0) is 14.0. The van der Waals surface area contributed by atoms with E-state index in [0.717, 1.165) is 0 Å². The predicted molar refractivity (Wildman–Crippen MR) is 81.6 cm³/mol. The van der Waals surface area contributed by atoms with Gasteiger partial charge >= 0.3 is 0 Å². The number of hydrogen-bond donors (Lipinski definition) is 1. The topological polar surface area (TPSA) is 42.0 Å². The highest BCUT2D eigenvalue weighted by atomic mass is 79.9. The van der Waals surface area contributed by atoms with Gasteiger partial charge in [-0.05, 0) is 60.5 Å². The van der Waals surface area contributed by atoms with E-state index in [1.54, 1.807) is 29.7 Å².